The molecule has 0 unspecified atom stereocenters. The molecule has 0 heterocycles. The van der Waals surface area contributed by atoms with Gasteiger partial charge in [-0.2, -0.15) is 0 Å². The highest BCUT2D eigenvalue weighted by Gasteiger charge is 2.62. The first-order valence-corrected chi connectivity index (χ1v) is 7.28. The van der Waals surface area contributed by atoms with Gasteiger partial charge < -0.3 is 9.47 Å². The molecule has 2 nitrogen and oxygen atoms in total. The van der Waals surface area contributed by atoms with E-state index in [0.29, 0.717) is 16.9 Å². The first kappa shape index (κ1) is 12.8. The quantitative estimate of drug-likeness (QED) is 0.807. The number of rotatable bonds is 3. The highest BCUT2D eigenvalue weighted by atomic mass is 16.5. The third kappa shape index (κ3) is 1.76. The predicted molar refractivity (Wildman–Crippen MR) is 76.6 cm³/mol. The molecule has 2 fully saturated rings. The summed E-state index contributed by atoms with van der Waals surface area (Å²) in [7, 11) is 1.69. The summed E-state index contributed by atoms with van der Waals surface area (Å²) in [5.41, 5.74) is 0.724. The Bertz CT molecular complexity index is 463. The molecule has 19 heavy (non-hydrogen) atoms. The van der Waals surface area contributed by atoms with Gasteiger partial charge in [-0.3, -0.25) is 0 Å². The third-order valence-electron chi connectivity index (χ3n) is 6.05. The molecule has 1 aromatic carbocycles. The molecule has 2 bridgehead atoms. The SMILES string of the molecule is COc1ccc(O[C@H]2C[C@@H]3CC[C@@]2(C)C3(C)C)cc1. The van der Waals surface area contributed by atoms with E-state index in [-0.39, 0.29) is 0 Å². The van der Waals surface area contributed by atoms with Crippen LogP contribution in [0.2, 0.25) is 0 Å². The average molecular weight is 260 g/mol. The summed E-state index contributed by atoms with van der Waals surface area (Å²) >= 11 is 0. The maximum Gasteiger partial charge on any atom is 0.120 e. The molecule has 0 amide bonds. The van der Waals surface area contributed by atoms with Crippen molar-refractivity contribution in [3.63, 3.8) is 0 Å². The molecule has 0 spiro atoms. The van der Waals surface area contributed by atoms with Crippen molar-refractivity contribution in [1.29, 1.82) is 0 Å². The van der Waals surface area contributed by atoms with Crippen LogP contribution in [0, 0.1) is 16.7 Å². The first-order valence-electron chi connectivity index (χ1n) is 7.28. The lowest BCUT2D eigenvalue weighted by Gasteiger charge is -2.38. The van der Waals surface area contributed by atoms with Crippen molar-refractivity contribution in [1.82, 2.24) is 0 Å². The molecular weight excluding hydrogens is 236 g/mol. The van der Waals surface area contributed by atoms with Gasteiger partial charge in [0, 0.05) is 5.41 Å². The molecule has 3 rings (SSSR count). The highest BCUT2D eigenvalue weighted by Crippen LogP contribution is 2.66. The van der Waals surface area contributed by atoms with Gasteiger partial charge in [0.25, 0.3) is 0 Å². The van der Waals surface area contributed by atoms with Crippen LogP contribution in [0.1, 0.15) is 40.0 Å². The fourth-order valence-electron chi connectivity index (χ4n) is 4.13. The van der Waals surface area contributed by atoms with Crippen molar-refractivity contribution in [2.45, 2.75) is 46.1 Å². The van der Waals surface area contributed by atoms with E-state index in [9.17, 15) is 0 Å². The normalized spacial score (nSPS) is 35.4. The van der Waals surface area contributed by atoms with E-state index in [0.717, 1.165) is 17.4 Å². The second kappa shape index (κ2) is 4.16. The maximum absolute atomic E-state index is 6.29. The van der Waals surface area contributed by atoms with Crippen LogP contribution in [0.4, 0.5) is 0 Å². The topological polar surface area (TPSA) is 18.5 Å². The predicted octanol–water partition coefficient (Wildman–Crippen LogP) is 4.29. The zero-order valence-electron chi connectivity index (χ0n) is 12.4. The summed E-state index contributed by atoms with van der Waals surface area (Å²) in [6, 6.07) is 7.97. The monoisotopic (exact) mass is 260 g/mol. The summed E-state index contributed by atoms with van der Waals surface area (Å²) < 4.78 is 11.5. The van der Waals surface area contributed by atoms with Gasteiger partial charge in [-0.15, -0.1) is 0 Å². The second-order valence-electron chi connectivity index (χ2n) is 6.89. The smallest absolute Gasteiger partial charge is 0.120 e. The van der Waals surface area contributed by atoms with Gasteiger partial charge in [0.15, 0.2) is 0 Å². The summed E-state index contributed by atoms with van der Waals surface area (Å²) in [5, 5.41) is 0. The Morgan fingerprint density at radius 3 is 2.16 bits per heavy atom. The molecule has 2 saturated carbocycles. The Hall–Kier alpha value is -1.18. The Morgan fingerprint density at radius 2 is 1.68 bits per heavy atom. The number of benzene rings is 1. The molecule has 2 aliphatic rings. The van der Waals surface area contributed by atoms with E-state index in [2.05, 4.69) is 20.8 Å². The van der Waals surface area contributed by atoms with Crippen molar-refractivity contribution in [2.75, 3.05) is 7.11 Å². The first-order chi connectivity index (χ1) is 8.97. The summed E-state index contributed by atoms with van der Waals surface area (Å²) in [5.74, 6) is 2.67. The maximum atomic E-state index is 6.29. The lowest BCUT2D eigenvalue weighted by molar-refractivity contribution is 0.0301. The Balaban J connectivity index is 1.78. The molecule has 1 aromatic rings. The van der Waals surface area contributed by atoms with Gasteiger partial charge in [-0.25, -0.2) is 0 Å². The summed E-state index contributed by atoms with van der Waals surface area (Å²) in [6.07, 6.45) is 4.22. The molecule has 0 aliphatic heterocycles. The van der Waals surface area contributed by atoms with Crippen LogP contribution in [-0.4, -0.2) is 13.2 Å². The van der Waals surface area contributed by atoms with Gasteiger partial charge in [0.05, 0.1) is 7.11 Å². The molecule has 0 radical (unpaired) electrons. The standard InChI is InChI=1S/C17H24O2/c1-16(2)12-9-10-17(16,3)15(11-12)19-14-7-5-13(18-4)6-8-14/h5-8,12,15H,9-11H2,1-4H3/t12-,15-,17+/m0/s1. The molecule has 0 saturated heterocycles. The minimum absolute atomic E-state index is 0.317. The highest BCUT2D eigenvalue weighted by molar-refractivity contribution is 5.31. The number of hydrogen-bond donors (Lipinski definition) is 0. The summed E-state index contributed by atoms with van der Waals surface area (Å²) in [6.45, 7) is 7.25. The van der Waals surface area contributed by atoms with E-state index in [1.807, 2.05) is 24.3 Å². The van der Waals surface area contributed by atoms with Crippen molar-refractivity contribution < 1.29 is 9.47 Å². The molecule has 3 atom stereocenters. The van der Waals surface area contributed by atoms with E-state index in [1.54, 1.807) is 7.11 Å². The average Bonchev–Trinajstić information content (AvgIpc) is 2.73. The molecule has 2 heteroatoms. The Kier molecular flexibility index (Phi) is 2.81. The number of methoxy groups -OCH3 is 1. The van der Waals surface area contributed by atoms with Gasteiger partial charge in [0.2, 0.25) is 0 Å². The van der Waals surface area contributed by atoms with Crippen LogP contribution in [0.3, 0.4) is 0 Å². The van der Waals surface area contributed by atoms with Gasteiger partial charge in [-0.1, -0.05) is 20.8 Å². The second-order valence-corrected chi connectivity index (χ2v) is 6.89. The van der Waals surface area contributed by atoms with Crippen LogP contribution in [0.15, 0.2) is 24.3 Å². The van der Waals surface area contributed by atoms with E-state index in [1.165, 1.54) is 19.3 Å². The van der Waals surface area contributed by atoms with Gasteiger partial charge >= 0.3 is 0 Å². The number of fused-ring (bicyclic) bond motifs is 2. The fourth-order valence-corrected chi connectivity index (χ4v) is 4.13. The minimum atomic E-state index is 0.317. The molecule has 104 valence electrons. The van der Waals surface area contributed by atoms with Crippen LogP contribution < -0.4 is 9.47 Å². The summed E-state index contributed by atoms with van der Waals surface area (Å²) in [4.78, 5) is 0. The van der Waals surface area contributed by atoms with Crippen molar-refractivity contribution >= 4 is 0 Å². The zero-order valence-corrected chi connectivity index (χ0v) is 12.4. The largest absolute Gasteiger partial charge is 0.497 e. The van der Waals surface area contributed by atoms with Crippen LogP contribution in [0.25, 0.3) is 0 Å². The Morgan fingerprint density at radius 1 is 1.05 bits per heavy atom. The fraction of sp³-hybridized carbons (Fsp3) is 0.647. The lowest BCUT2D eigenvalue weighted by atomic mass is 9.70. The lowest BCUT2D eigenvalue weighted by Crippen LogP contribution is -2.38. The third-order valence-corrected chi connectivity index (χ3v) is 6.05. The van der Waals surface area contributed by atoms with Crippen LogP contribution in [-0.2, 0) is 0 Å². The molecule has 2 aliphatic carbocycles. The zero-order chi connectivity index (χ0) is 13.7. The van der Waals surface area contributed by atoms with E-state index >= 15 is 0 Å². The Labute approximate surface area is 116 Å². The number of hydrogen-bond acceptors (Lipinski definition) is 2. The van der Waals surface area contributed by atoms with E-state index < -0.39 is 0 Å². The molecule has 0 N–H and O–H groups in total. The van der Waals surface area contributed by atoms with Gasteiger partial charge in [-0.05, 0) is 54.9 Å². The van der Waals surface area contributed by atoms with Gasteiger partial charge in [0.1, 0.15) is 17.6 Å². The molecule has 0 aromatic heterocycles. The van der Waals surface area contributed by atoms with Crippen molar-refractivity contribution in [2.24, 2.45) is 16.7 Å². The molecular formula is C17H24O2. The van der Waals surface area contributed by atoms with Crippen molar-refractivity contribution in [3.8, 4) is 11.5 Å². The van der Waals surface area contributed by atoms with Crippen LogP contribution in [0.5, 0.6) is 11.5 Å². The van der Waals surface area contributed by atoms with Crippen molar-refractivity contribution in [3.05, 3.63) is 24.3 Å². The van der Waals surface area contributed by atoms with Crippen LogP contribution >= 0.6 is 0 Å². The van der Waals surface area contributed by atoms with E-state index in [4.69, 9.17) is 9.47 Å². The number of ether oxygens (including phenoxy) is 2. The minimum Gasteiger partial charge on any atom is -0.497 e.